The van der Waals surface area contributed by atoms with Crippen LogP contribution < -0.4 is 5.32 Å². The van der Waals surface area contributed by atoms with E-state index in [9.17, 15) is 0 Å². The van der Waals surface area contributed by atoms with Crippen molar-refractivity contribution in [3.05, 3.63) is 35.9 Å². The van der Waals surface area contributed by atoms with Gasteiger partial charge < -0.3 is 5.32 Å². The van der Waals surface area contributed by atoms with Gasteiger partial charge in [0.1, 0.15) is 0 Å². The molecule has 0 aliphatic carbocycles. The summed E-state index contributed by atoms with van der Waals surface area (Å²) in [4.78, 5) is 0. The van der Waals surface area contributed by atoms with Crippen molar-refractivity contribution in [1.29, 1.82) is 0 Å². The first-order chi connectivity index (χ1) is 7.34. The molecule has 80 valence electrons. The third-order valence-corrected chi connectivity index (χ3v) is 2.22. The summed E-state index contributed by atoms with van der Waals surface area (Å²) < 4.78 is 1.82. The fraction of sp³-hybridized carbons (Fsp3) is 0.400. The Hall–Kier alpha value is -1.62. The largest absolute Gasteiger partial charge is 0.311 e. The van der Waals surface area contributed by atoms with Crippen molar-refractivity contribution in [2.45, 2.75) is 13.0 Å². The summed E-state index contributed by atoms with van der Waals surface area (Å²) in [6.07, 6.45) is 6.70. The number of hydrogen-bond donors (Lipinski definition) is 2. The lowest BCUT2D eigenvalue weighted by Crippen LogP contribution is -2.16. The standard InChI is InChI=1S/C10H15N5/c1-15-8-9(6-13-15)2-4-11-7-10-3-5-12-14-10/h3,5-6,8,11H,2,4,7H2,1H3,(H,12,14). The molecule has 0 unspecified atom stereocenters. The van der Waals surface area contributed by atoms with E-state index in [1.165, 1.54) is 5.56 Å². The molecule has 0 fully saturated rings. The van der Waals surface area contributed by atoms with Gasteiger partial charge in [0.2, 0.25) is 0 Å². The van der Waals surface area contributed by atoms with Gasteiger partial charge >= 0.3 is 0 Å². The molecule has 0 aliphatic heterocycles. The van der Waals surface area contributed by atoms with E-state index in [0.29, 0.717) is 0 Å². The van der Waals surface area contributed by atoms with Crippen molar-refractivity contribution in [2.24, 2.45) is 7.05 Å². The van der Waals surface area contributed by atoms with E-state index in [0.717, 1.165) is 25.2 Å². The molecule has 2 N–H and O–H groups in total. The fourth-order valence-electron chi connectivity index (χ4n) is 1.44. The van der Waals surface area contributed by atoms with Crippen molar-refractivity contribution in [1.82, 2.24) is 25.3 Å². The molecule has 0 spiro atoms. The van der Waals surface area contributed by atoms with Gasteiger partial charge in [0, 0.05) is 31.7 Å². The number of rotatable bonds is 5. The van der Waals surface area contributed by atoms with Crippen LogP contribution in [0.3, 0.4) is 0 Å². The second-order valence-corrected chi connectivity index (χ2v) is 3.53. The molecule has 0 saturated carbocycles. The van der Waals surface area contributed by atoms with Crippen LogP contribution in [0.25, 0.3) is 0 Å². The SMILES string of the molecule is Cn1cc(CCNCc2ccn[nH]2)cn1. The molecule has 2 aromatic heterocycles. The zero-order valence-electron chi connectivity index (χ0n) is 8.77. The van der Waals surface area contributed by atoms with Crippen LogP contribution in [0, 0.1) is 0 Å². The Balaban J connectivity index is 1.67. The molecule has 5 heteroatoms. The molecular weight excluding hydrogens is 190 g/mol. The van der Waals surface area contributed by atoms with Gasteiger partial charge in [-0.3, -0.25) is 9.78 Å². The van der Waals surface area contributed by atoms with Gasteiger partial charge in [-0.1, -0.05) is 0 Å². The lowest BCUT2D eigenvalue weighted by Gasteiger charge is -2.00. The third-order valence-electron chi connectivity index (χ3n) is 2.22. The van der Waals surface area contributed by atoms with E-state index in [1.54, 1.807) is 6.20 Å². The summed E-state index contributed by atoms with van der Waals surface area (Å²) in [5.41, 5.74) is 2.37. The summed E-state index contributed by atoms with van der Waals surface area (Å²) in [5.74, 6) is 0. The zero-order chi connectivity index (χ0) is 10.5. The molecule has 0 atom stereocenters. The number of aromatic amines is 1. The molecule has 2 heterocycles. The predicted octanol–water partition coefficient (Wildman–Crippen LogP) is 0.475. The van der Waals surface area contributed by atoms with Crippen molar-refractivity contribution >= 4 is 0 Å². The van der Waals surface area contributed by atoms with Gasteiger partial charge in [-0.25, -0.2) is 0 Å². The Bertz CT molecular complexity index is 390. The summed E-state index contributed by atoms with van der Waals surface area (Å²) in [6.45, 7) is 1.78. The zero-order valence-corrected chi connectivity index (χ0v) is 8.77. The third kappa shape index (κ3) is 2.92. The monoisotopic (exact) mass is 205 g/mol. The maximum absolute atomic E-state index is 4.12. The molecule has 2 rings (SSSR count). The number of aromatic nitrogens is 4. The van der Waals surface area contributed by atoms with Gasteiger partial charge in [0.15, 0.2) is 0 Å². The van der Waals surface area contributed by atoms with Crippen molar-refractivity contribution < 1.29 is 0 Å². The highest BCUT2D eigenvalue weighted by Gasteiger charge is 1.96. The van der Waals surface area contributed by atoms with Crippen LogP contribution >= 0.6 is 0 Å². The lowest BCUT2D eigenvalue weighted by atomic mass is 10.2. The molecule has 15 heavy (non-hydrogen) atoms. The number of nitrogens with zero attached hydrogens (tertiary/aromatic N) is 3. The van der Waals surface area contributed by atoms with E-state index < -0.39 is 0 Å². The minimum Gasteiger partial charge on any atom is -0.311 e. The summed E-state index contributed by atoms with van der Waals surface area (Å²) >= 11 is 0. The molecule has 0 saturated heterocycles. The molecule has 0 aliphatic rings. The Kier molecular flexibility index (Phi) is 3.14. The van der Waals surface area contributed by atoms with Crippen LogP contribution in [0.2, 0.25) is 0 Å². The summed E-state index contributed by atoms with van der Waals surface area (Å²) in [7, 11) is 1.93. The molecule has 0 bridgehead atoms. The van der Waals surface area contributed by atoms with Gasteiger partial charge in [0.05, 0.1) is 6.20 Å². The minimum atomic E-state index is 0.834. The average molecular weight is 205 g/mol. The topological polar surface area (TPSA) is 58.5 Å². The van der Waals surface area contributed by atoms with Crippen LogP contribution in [0.1, 0.15) is 11.3 Å². The maximum Gasteiger partial charge on any atom is 0.0522 e. The van der Waals surface area contributed by atoms with E-state index in [2.05, 4.69) is 20.6 Å². The Morgan fingerprint density at radius 2 is 2.47 bits per heavy atom. The van der Waals surface area contributed by atoms with E-state index in [4.69, 9.17) is 0 Å². The van der Waals surface area contributed by atoms with Crippen LogP contribution in [0.4, 0.5) is 0 Å². The van der Waals surface area contributed by atoms with Gasteiger partial charge in [-0.2, -0.15) is 10.2 Å². The van der Waals surface area contributed by atoms with Crippen molar-refractivity contribution in [3.63, 3.8) is 0 Å². The number of aryl methyl sites for hydroxylation is 1. The highest BCUT2D eigenvalue weighted by Crippen LogP contribution is 1.96. The van der Waals surface area contributed by atoms with Crippen molar-refractivity contribution in [3.8, 4) is 0 Å². The summed E-state index contributed by atoms with van der Waals surface area (Å²) in [5, 5.41) is 14.3. The maximum atomic E-state index is 4.12. The van der Waals surface area contributed by atoms with Crippen molar-refractivity contribution in [2.75, 3.05) is 6.54 Å². The number of H-pyrrole nitrogens is 1. The van der Waals surface area contributed by atoms with Gasteiger partial charge in [-0.15, -0.1) is 0 Å². The van der Waals surface area contributed by atoms with Crippen LogP contribution in [0.15, 0.2) is 24.7 Å². The Morgan fingerprint density at radius 3 is 3.13 bits per heavy atom. The molecular formula is C10H15N5. The highest BCUT2D eigenvalue weighted by atomic mass is 15.2. The molecule has 5 nitrogen and oxygen atoms in total. The molecule has 0 amide bonds. The second-order valence-electron chi connectivity index (χ2n) is 3.53. The Morgan fingerprint density at radius 1 is 1.53 bits per heavy atom. The first kappa shape index (κ1) is 9.92. The predicted molar refractivity (Wildman–Crippen MR) is 57.2 cm³/mol. The average Bonchev–Trinajstić information content (AvgIpc) is 2.84. The van der Waals surface area contributed by atoms with Crippen LogP contribution in [0.5, 0.6) is 0 Å². The smallest absolute Gasteiger partial charge is 0.0522 e. The first-order valence-electron chi connectivity index (χ1n) is 5.01. The van der Waals surface area contributed by atoms with E-state index >= 15 is 0 Å². The summed E-state index contributed by atoms with van der Waals surface area (Å²) in [6, 6.07) is 1.97. The normalized spacial score (nSPS) is 10.7. The number of hydrogen-bond acceptors (Lipinski definition) is 3. The van der Waals surface area contributed by atoms with Crippen LogP contribution in [-0.2, 0) is 20.0 Å². The lowest BCUT2D eigenvalue weighted by molar-refractivity contribution is 0.672. The van der Waals surface area contributed by atoms with Gasteiger partial charge in [-0.05, 0) is 24.6 Å². The number of nitrogens with one attached hydrogen (secondary N) is 2. The van der Waals surface area contributed by atoms with Gasteiger partial charge in [0.25, 0.3) is 0 Å². The second kappa shape index (κ2) is 4.75. The quantitative estimate of drug-likeness (QED) is 0.698. The Labute approximate surface area is 88.5 Å². The van der Waals surface area contributed by atoms with E-state index in [1.807, 2.05) is 30.2 Å². The first-order valence-corrected chi connectivity index (χ1v) is 5.01. The fourth-order valence-corrected chi connectivity index (χ4v) is 1.44. The van der Waals surface area contributed by atoms with E-state index in [-0.39, 0.29) is 0 Å². The highest BCUT2D eigenvalue weighted by molar-refractivity contribution is 5.04. The minimum absolute atomic E-state index is 0.834. The molecule has 0 aromatic carbocycles. The van der Waals surface area contributed by atoms with Crippen LogP contribution in [-0.4, -0.2) is 26.5 Å². The molecule has 2 aromatic rings. The molecule has 0 radical (unpaired) electrons.